The Morgan fingerprint density at radius 3 is 2.25 bits per heavy atom. The lowest BCUT2D eigenvalue weighted by atomic mass is 9.83. The molecule has 0 spiro atoms. The largest absolute Gasteiger partial charge is 0.416 e. The normalized spacial score (nSPS) is 12.9. The molecule has 7 heteroatoms. The molecule has 0 aliphatic carbocycles. The van der Waals surface area contributed by atoms with E-state index in [0.29, 0.717) is 34.8 Å². The topological polar surface area (TPSA) is 43.6 Å². The zero-order valence-corrected chi connectivity index (χ0v) is 21.1. The van der Waals surface area contributed by atoms with Crippen molar-refractivity contribution < 1.29 is 13.2 Å². The minimum Gasteiger partial charge on any atom is -0.280 e. The molecule has 0 fully saturated rings. The summed E-state index contributed by atoms with van der Waals surface area (Å²) in [5.41, 5.74) is 4.03. The molecule has 4 aromatic rings. The highest BCUT2D eigenvalue weighted by atomic mass is 19.4. The highest BCUT2D eigenvalue weighted by molar-refractivity contribution is 5.88. The van der Waals surface area contributed by atoms with Crippen molar-refractivity contribution in [3.63, 3.8) is 0 Å². The number of nitrogens with zero attached hydrogens (tertiary/aromatic N) is 4. The first kappa shape index (κ1) is 25.6. The van der Waals surface area contributed by atoms with Gasteiger partial charge >= 0.3 is 6.18 Å². The van der Waals surface area contributed by atoms with Gasteiger partial charge in [0, 0.05) is 17.7 Å². The average Bonchev–Trinajstić information content (AvgIpc) is 3.21. The van der Waals surface area contributed by atoms with Crippen LogP contribution >= 0.6 is 0 Å². The van der Waals surface area contributed by atoms with Gasteiger partial charge in [0.2, 0.25) is 0 Å². The van der Waals surface area contributed by atoms with Gasteiger partial charge in [-0.05, 0) is 42.5 Å². The van der Waals surface area contributed by atoms with Crippen LogP contribution in [0.3, 0.4) is 0 Å². The molecular formula is C29H31F3N4. The number of unbranched alkanes of at least 4 members (excludes halogenated alkanes) is 1. The van der Waals surface area contributed by atoms with Crippen LogP contribution in [0.4, 0.5) is 13.2 Å². The summed E-state index contributed by atoms with van der Waals surface area (Å²) < 4.78 is 41.5. The molecule has 4 nitrogen and oxygen atoms in total. The molecule has 0 aliphatic heterocycles. The van der Waals surface area contributed by atoms with Gasteiger partial charge in [-0.25, -0.2) is 15.0 Å². The lowest BCUT2D eigenvalue weighted by Crippen LogP contribution is -2.11. The lowest BCUT2D eigenvalue weighted by Gasteiger charge is -2.23. The minimum atomic E-state index is -4.40. The van der Waals surface area contributed by atoms with Crippen LogP contribution in [0.25, 0.3) is 28.1 Å². The monoisotopic (exact) mass is 492 g/mol. The Morgan fingerprint density at radius 1 is 0.944 bits per heavy atom. The third kappa shape index (κ3) is 5.50. The van der Waals surface area contributed by atoms with Crippen LogP contribution in [-0.2, 0) is 12.6 Å². The molecule has 0 unspecified atom stereocenters. The van der Waals surface area contributed by atoms with Gasteiger partial charge in [-0.15, -0.1) is 0 Å². The van der Waals surface area contributed by atoms with Crippen molar-refractivity contribution in [2.45, 2.75) is 59.6 Å². The van der Waals surface area contributed by atoms with E-state index in [1.54, 1.807) is 0 Å². The number of fused-ring (bicyclic) bond motifs is 1. The van der Waals surface area contributed by atoms with Crippen LogP contribution in [-0.4, -0.2) is 19.5 Å². The van der Waals surface area contributed by atoms with Gasteiger partial charge in [0.1, 0.15) is 23.4 Å². The van der Waals surface area contributed by atoms with E-state index in [0.717, 1.165) is 37.0 Å². The van der Waals surface area contributed by atoms with Crippen LogP contribution < -0.4 is 0 Å². The van der Waals surface area contributed by atoms with Crippen molar-refractivity contribution in [1.82, 2.24) is 19.5 Å². The highest BCUT2D eigenvalue weighted by Gasteiger charge is 2.30. The van der Waals surface area contributed by atoms with E-state index in [1.165, 1.54) is 24.0 Å². The SMILES string of the molecule is CCCC/C(=C\Cc1nc2c(-c3ccccc3)ncnc2n1-c1ccc(C(F)(F)F)cc1)C(C)(C)C. The van der Waals surface area contributed by atoms with Crippen LogP contribution in [0.1, 0.15) is 58.3 Å². The van der Waals surface area contributed by atoms with Gasteiger partial charge in [0.25, 0.3) is 0 Å². The molecule has 4 rings (SSSR count). The predicted molar refractivity (Wildman–Crippen MR) is 138 cm³/mol. The number of aromatic nitrogens is 4. The average molecular weight is 493 g/mol. The molecule has 2 aromatic carbocycles. The predicted octanol–water partition coefficient (Wildman–Crippen LogP) is 8.21. The van der Waals surface area contributed by atoms with E-state index < -0.39 is 11.7 Å². The summed E-state index contributed by atoms with van der Waals surface area (Å²) in [6, 6.07) is 14.9. The molecule has 0 aliphatic rings. The Hall–Kier alpha value is -3.48. The van der Waals surface area contributed by atoms with Gasteiger partial charge in [0.15, 0.2) is 5.65 Å². The van der Waals surface area contributed by atoms with Crippen LogP contribution in [0.2, 0.25) is 0 Å². The van der Waals surface area contributed by atoms with E-state index >= 15 is 0 Å². The Morgan fingerprint density at radius 2 is 1.64 bits per heavy atom. The van der Waals surface area contributed by atoms with Crippen LogP contribution in [0.5, 0.6) is 0 Å². The van der Waals surface area contributed by atoms with Crippen molar-refractivity contribution in [2.75, 3.05) is 0 Å². The second-order valence-corrected chi connectivity index (χ2v) is 9.96. The highest BCUT2D eigenvalue weighted by Crippen LogP contribution is 2.33. The molecule has 0 amide bonds. The number of imidazole rings is 1. The van der Waals surface area contributed by atoms with Crippen LogP contribution in [0.15, 0.2) is 72.6 Å². The van der Waals surface area contributed by atoms with Gasteiger partial charge in [0.05, 0.1) is 5.56 Å². The van der Waals surface area contributed by atoms with E-state index in [-0.39, 0.29) is 5.41 Å². The number of alkyl halides is 3. The smallest absolute Gasteiger partial charge is 0.280 e. The van der Waals surface area contributed by atoms with E-state index in [2.05, 4.69) is 43.7 Å². The Balaban J connectivity index is 1.88. The summed E-state index contributed by atoms with van der Waals surface area (Å²) in [5, 5.41) is 0. The molecule has 0 N–H and O–H groups in total. The van der Waals surface area contributed by atoms with Crippen molar-refractivity contribution in [1.29, 1.82) is 0 Å². The molecule has 0 saturated carbocycles. The van der Waals surface area contributed by atoms with E-state index in [1.807, 2.05) is 34.9 Å². The maximum absolute atomic E-state index is 13.2. The Kier molecular flexibility index (Phi) is 7.29. The van der Waals surface area contributed by atoms with E-state index in [4.69, 9.17) is 4.98 Å². The second kappa shape index (κ2) is 10.2. The Labute approximate surface area is 209 Å². The molecule has 0 saturated heterocycles. The first-order valence-corrected chi connectivity index (χ1v) is 12.2. The van der Waals surface area contributed by atoms with Gasteiger partial charge in [-0.2, -0.15) is 13.2 Å². The number of hydrogen-bond acceptors (Lipinski definition) is 3. The maximum atomic E-state index is 13.2. The summed E-state index contributed by atoms with van der Waals surface area (Å²) in [4.78, 5) is 13.9. The summed E-state index contributed by atoms with van der Waals surface area (Å²) in [5.74, 6) is 0.709. The van der Waals surface area contributed by atoms with Crippen molar-refractivity contribution in [3.05, 3.63) is 84.0 Å². The first-order valence-electron chi connectivity index (χ1n) is 12.2. The van der Waals surface area contributed by atoms with Crippen molar-refractivity contribution in [3.8, 4) is 16.9 Å². The summed E-state index contributed by atoms with van der Waals surface area (Å²) in [6.45, 7) is 8.78. The Bertz CT molecular complexity index is 1350. The fourth-order valence-electron chi connectivity index (χ4n) is 4.32. The summed E-state index contributed by atoms with van der Waals surface area (Å²) >= 11 is 0. The quantitative estimate of drug-likeness (QED) is 0.244. The minimum absolute atomic E-state index is 0.00930. The molecular weight excluding hydrogens is 461 g/mol. The number of allylic oxidation sites excluding steroid dienone is 2. The zero-order chi connectivity index (χ0) is 25.9. The van der Waals surface area contributed by atoms with Crippen molar-refractivity contribution in [2.24, 2.45) is 5.41 Å². The molecule has 2 aromatic heterocycles. The van der Waals surface area contributed by atoms with Gasteiger partial charge in [-0.3, -0.25) is 4.57 Å². The fourth-order valence-corrected chi connectivity index (χ4v) is 4.32. The number of hydrogen-bond donors (Lipinski definition) is 0. The molecule has 188 valence electrons. The zero-order valence-electron chi connectivity index (χ0n) is 21.1. The molecule has 36 heavy (non-hydrogen) atoms. The van der Waals surface area contributed by atoms with Crippen LogP contribution in [0, 0.1) is 5.41 Å². The van der Waals surface area contributed by atoms with Gasteiger partial charge in [-0.1, -0.05) is 76.1 Å². The number of benzene rings is 2. The number of rotatable bonds is 7. The first-order chi connectivity index (χ1) is 17.1. The van der Waals surface area contributed by atoms with Crippen molar-refractivity contribution >= 4 is 11.2 Å². The maximum Gasteiger partial charge on any atom is 0.416 e. The summed E-state index contributed by atoms with van der Waals surface area (Å²) in [6.07, 6.45) is 3.03. The third-order valence-corrected chi connectivity index (χ3v) is 6.31. The summed E-state index contributed by atoms with van der Waals surface area (Å²) in [7, 11) is 0. The number of halogens is 3. The second-order valence-electron chi connectivity index (χ2n) is 9.96. The standard InChI is InChI=1S/C29H31F3N4/c1-5-6-12-21(28(2,3)4)15-18-24-35-26-25(20-10-8-7-9-11-20)33-19-34-27(26)36(24)23-16-13-22(14-17-23)29(30,31)32/h7-11,13-17,19H,5-6,12,18H2,1-4H3/b21-15+. The van der Waals surface area contributed by atoms with Gasteiger partial charge < -0.3 is 0 Å². The lowest BCUT2D eigenvalue weighted by molar-refractivity contribution is -0.137. The van der Waals surface area contributed by atoms with E-state index in [9.17, 15) is 13.2 Å². The fraction of sp³-hybridized carbons (Fsp3) is 0.345. The molecule has 0 atom stereocenters. The molecule has 2 heterocycles. The third-order valence-electron chi connectivity index (χ3n) is 6.31. The molecule has 0 bridgehead atoms. The molecule has 0 radical (unpaired) electrons.